The Kier molecular flexibility index (Phi) is 6.26. The first-order valence-corrected chi connectivity index (χ1v) is 13.1. The van der Waals surface area contributed by atoms with Crippen LogP contribution in [0.2, 0.25) is 0 Å². The van der Waals surface area contributed by atoms with Crippen molar-refractivity contribution in [2.45, 2.75) is 34.4 Å². The standard InChI is InChI=1S/C20H24N6S3/c1-2-14-16(28-11-8-26-6-9-27-10-7-26)4-5-21-18(14)17(3-1)29-20-15-12-24-25-19(15)22-13-23-20/h4-5,12-13,17H,1-3,6-11H2,(H,22,23,24,25). The van der Waals surface area contributed by atoms with Crippen LogP contribution in [0.25, 0.3) is 11.0 Å². The summed E-state index contributed by atoms with van der Waals surface area (Å²) >= 11 is 5.88. The van der Waals surface area contributed by atoms with Crippen LogP contribution in [0.3, 0.4) is 0 Å². The van der Waals surface area contributed by atoms with Gasteiger partial charge in [-0.25, -0.2) is 9.97 Å². The molecule has 4 heterocycles. The topological polar surface area (TPSA) is 70.6 Å². The van der Waals surface area contributed by atoms with Crippen LogP contribution in [0, 0.1) is 0 Å². The van der Waals surface area contributed by atoms with E-state index in [1.165, 1.54) is 53.7 Å². The molecule has 5 rings (SSSR count). The lowest BCUT2D eigenvalue weighted by atomic mass is 9.96. The molecule has 1 unspecified atom stereocenters. The van der Waals surface area contributed by atoms with Crippen LogP contribution < -0.4 is 0 Å². The zero-order valence-corrected chi connectivity index (χ0v) is 18.7. The van der Waals surface area contributed by atoms with Gasteiger partial charge in [-0.2, -0.15) is 16.9 Å². The minimum absolute atomic E-state index is 0.339. The molecule has 0 bridgehead atoms. The van der Waals surface area contributed by atoms with E-state index in [0.29, 0.717) is 5.25 Å². The number of pyridine rings is 1. The lowest BCUT2D eigenvalue weighted by Gasteiger charge is -2.27. The first-order valence-electron chi connectivity index (χ1n) is 10.1. The number of rotatable bonds is 6. The Morgan fingerprint density at radius 1 is 1.21 bits per heavy atom. The number of aromatic nitrogens is 5. The fourth-order valence-corrected chi connectivity index (χ4v) is 7.29. The molecule has 1 aliphatic carbocycles. The highest BCUT2D eigenvalue weighted by Crippen LogP contribution is 2.45. The molecule has 2 aliphatic rings. The SMILES string of the molecule is c1cc(SCCN2CCSCC2)c2c(n1)C(Sc1ncnc3[nH]ncc13)CCC2. The molecule has 0 radical (unpaired) electrons. The minimum atomic E-state index is 0.339. The molecule has 9 heteroatoms. The van der Waals surface area contributed by atoms with E-state index in [0.717, 1.165) is 34.7 Å². The van der Waals surface area contributed by atoms with Crippen molar-refractivity contribution in [3.63, 3.8) is 0 Å². The number of nitrogens with zero attached hydrogens (tertiary/aromatic N) is 5. The maximum absolute atomic E-state index is 4.81. The Hall–Kier alpha value is -1.29. The molecule has 29 heavy (non-hydrogen) atoms. The average molecular weight is 445 g/mol. The number of thioether (sulfide) groups is 3. The van der Waals surface area contributed by atoms with Gasteiger partial charge in [0.15, 0.2) is 5.65 Å². The van der Waals surface area contributed by atoms with Gasteiger partial charge in [-0.3, -0.25) is 10.1 Å². The van der Waals surface area contributed by atoms with Crippen molar-refractivity contribution in [2.75, 3.05) is 36.9 Å². The summed E-state index contributed by atoms with van der Waals surface area (Å²) in [7, 11) is 0. The van der Waals surface area contributed by atoms with E-state index in [9.17, 15) is 0 Å². The van der Waals surface area contributed by atoms with E-state index in [1.54, 1.807) is 18.1 Å². The first kappa shape index (κ1) is 19.7. The van der Waals surface area contributed by atoms with E-state index in [2.05, 4.69) is 42.9 Å². The summed E-state index contributed by atoms with van der Waals surface area (Å²) in [5.41, 5.74) is 3.50. The van der Waals surface area contributed by atoms with Crippen molar-refractivity contribution in [2.24, 2.45) is 0 Å². The van der Waals surface area contributed by atoms with Gasteiger partial charge >= 0.3 is 0 Å². The van der Waals surface area contributed by atoms with Crippen molar-refractivity contribution in [1.29, 1.82) is 0 Å². The first-order chi connectivity index (χ1) is 14.4. The highest BCUT2D eigenvalue weighted by Gasteiger charge is 2.26. The number of nitrogens with one attached hydrogen (secondary N) is 1. The van der Waals surface area contributed by atoms with Crippen molar-refractivity contribution < 1.29 is 0 Å². The number of aromatic amines is 1. The van der Waals surface area contributed by atoms with Crippen LogP contribution in [-0.4, -0.2) is 66.9 Å². The molecular weight excluding hydrogens is 420 g/mol. The maximum Gasteiger partial charge on any atom is 0.159 e. The molecular formula is C20H24N6S3. The summed E-state index contributed by atoms with van der Waals surface area (Å²) in [6.45, 7) is 3.65. The molecule has 0 saturated carbocycles. The van der Waals surface area contributed by atoms with E-state index >= 15 is 0 Å². The molecule has 1 saturated heterocycles. The number of hydrogen-bond donors (Lipinski definition) is 1. The Labute approximate surface area is 183 Å². The second-order valence-electron chi connectivity index (χ2n) is 7.29. The monoisotopic (exact) mass is 444 g/mol. The number of fused-ring (bicyclic) bond motifs is 2. The molecule has 1 fully saturated rings. The van der Waals surface area contributed by atoms with Gasteiger partial charge in [0.05, 0.1) is 22.5 Å². The van der Waals surface area contributed by atoms with E-state index in [-0.39, 0.29) is 0 Å². The van der Waals surface area contributed by atoms with Gasteiger partial charge in [0.25, 0.3) is 0 Å². The fraction of sp³-hybridized carbons (Fsp3) is 0.500. The Balaban J connectivity index is 1.31. The smallest absolute Gasteiger partial charge is 0.159 e. The van der Waals surface area contributed by atoms with Gasteiger partial charge in [-0.15, -0.1) is 11.8 Å². The van der Waals surface area contributed by atoms with Crippen LogP contribution in [0.15, 0.2) is 34.7 Å². The highest BCUT2D eigenvalue weighted by atomic mass is 32.2. The van der Waals surface area contributed by atoms with Gasteiger partial charge in [0.2, 0.25) is 0 Å². The van der Waals surface area contributed by atoms with E-state index in [4.69, 9.17) is 4.98 Å². The average Bonchev–Trinajstić information content (AvgIpc) is 3.25. The molecule has 0 spiro atoms. The summed E-state index contributed by atoms with van der Waals surface area (Å²) in [6, 6.07) is 2.21. The molecule has 0 amide bonds. The Morgan fingerprint density at radius 3 is 3.07 bits per heavy atom. The van der Waals surface area contributed by atoms with Crippen LogP contribution in [-0.2, 0) is 6.42 Å². The fourth-order valence-electron chi connectivity index (χ4n) is 3.95. The molecule has 152 valence electrons. The van der Waals surface area contributed by atoms with Crippen molar-refractivity contribution in [1.82, 2.24) is 30.0 Å². The lowest BCUT2D eigenvalue weighted by molar-refractivity contribution is 0.322. The summed E-state index contributed by atoms with van der Waals surface area (Å²) in [5, 5.41) is 9.38. The minimum Gasteiger partial charge on any atom is -0.301 e. The molecule has 6 nitrogen and oxygen atoms in total. The predicted molar refractivity (Wildman–Crippen MR) is 122 cm³/mol. The van der Waals surface area contributed by atoms with Crippen molar-refractivity contribution in [3.8, 4) is 0 Å². The number of hydrogen-bond acceptors (Lipinski definition) is 8. The third-order valence-electron chi connectivity index (χ3n) is 5.48. The summed E-state index contributed by atoms with van der Waals surface area (Å²) in [4.78, 5) is 17.6. The molecule has 0 aromatic carbocycles. The predicted octanol–water partition coefficient (Wildman–Crippen LogP) is 4.06. The van der Waals surface area contributed by atoms with Crippen molar-refractivity contribution >= 4 is 46.3 Å². The zero-order chi connectivity index (χ0) is 19.5. The third kappa shape index (κ3) is 4.42. The molecule has 1 aliphatic heterocycles. The van der Waals surface area contributed by atoms with E-state index in [1.807, 2.05) is 24.2 Å². The van der Waals surface area contributed by atoms with E-state index < -0.39 is 0 Å². The van der Waals surface area contributed by atoms with Crippen LogP contribution in [0.5, 0.6) is 0 Å². The van der Waals surface area contributed by atoms with Gasteiger partial charge in [0.1, 0.15) is 11.4 Å². The maximum atomic E-state index is 4.81. The van der Waals surface area contributed by atoms with Crippen molar-refractivity contribution in [3.05, 3.63) is 36.0 Å². The van der Waals surface area contributed by atoms with Gasteiger partial charge in [0, 0.05) is 48.0 Å². The lowest BCUT2D eigenvalue weighted by Crippen LogP contribution is -2.34. The summed E-state index contributed by atoms with van der Waals surface area (Å²) < 4.78 is 0. The Bertz CT molecular complexity index is 972. The molecule has 3 aromatic rings. The molecule has 3 aromatic heterocycles. The quantitative estimate of drug-likeness (QED) is 0.451. The normalized spacial score (nSPS) is 20.1. The van der Waals surface area contributed by atoms with Crippen LogP contribution in [0.1, 0.15) is 29.3 Å². The summed E-state index contributed by atoms with van der Waals surface area (Å²) in [5.74, 6) is 3.71. The van der Waals surface area contributed by atoms with Gasteiger partial charge < -0.3 is 4.90 Å². The second kappa shape index (κ2) is 9.24. The zero-order valence-electron chi connectivity index (χ0n) is 16.2. The van der Waals surface area contributed by atoms with Gasteiger partial charge in [-0.1, -0.05) is 11.8 Å². The summed E-state index contributed by atoms with van der Waals surface area (Å²) in [6.07, 6.45) is 8.89. The van der Waals surface area contributed by atoms with Gasteiger partial charge in [-0.05, 0) is 30.9 Å². The number of H-pyrrole nitrogens is 1. The second-order valence-corrected chi connectivity index (χ2v) is 10.8. The largest absolute Gasteiger partial charge is 0.301 e. The van der Waals surface area contributed by atoms with Crippen LogP contribution >= 0.6 is 35.3 Å². The third-order valence-corrected chi connectivity index (χ3v) is 8.79. The highest BCUT2D eigenvalue weighted by molar-refractivity contribution is 8.00. The molecule has 1 atom stereocenters. The molecule has 1 N–H and O–H groups in total. The Morgan fingerprint density at radius 2 is 2.14 bits per heavy atom. The van der Waals surface area contributed by atoms with Crippen LogP contribution in [0.4, 0.5) is 0 Å².